The van der Waals surface area contributed by atoms with Crippen LogP contribution in [0.3, 0.4) is 0 Å². The van der Waals surface area contributed by atoms with Gasteiger partial charge in [-0.1, -0.05) is 18.6 Å². The molecule has 0 aromatic heterocycles. The lowest BCUT2D eigenvalue weighted by atomic mass is 9.79. The first-order chi connectivity index (χ1) is 16.5. The number of hydrogen-bond acceptors (Lipinski definition) is 4. The van der Waals surface area contributed by atoms with Gasteiger partial charge in [-0.2, -0.15) is 0 Å². The smallest absolute Gasteiger partial charge is 0.322 e. The van der Waals surface area contributed by atoms with Gasteiger partial charge in [0.1, 0.15) is 6.04 Å². The van der Waals surface area contributed by atoms with Crippen LogP contribution in [0.4, 0.5) is 16.2 Å². The highest BCUT2D eigenvalue weighted by Gasteiger charge is 2.39. The Hall–Kier alpha value is -3.68. The number of imide groups is 1. The van der Waals surface area contributed by atoms with E-state index in [0.717, 1.165) is 17.7 Å². The summed E-state index contributed by atoms with van der Waals surface area (Å²) in [7, 11) is 0. The summed E-state index contributed by atoms with van der Waals surface area (Å²) in [6, 6.07) is 10.8. The van der Waals surface area contributed by atoms with E-state index >= 15 is 0 Å². The van der Waals surface area contributed by atoms with Crippen LogP contribution in [0.1, 0.15) is 65.1 Å². The van der Waals surface area contributed by atoms with Crippen molar-refractivity contribution in [2.75, 3.05) is 16.8 Å². The Bertz CT molecular complexity index is 1240. The molecule has 0 spiro atoms. The van der Waals surface area contributed by atoms with Gasteiger partial charge in [0.05, 0.1) is 0 Å². The highest BCUT2D eigenvalue weighted by atomic mass is 16.2. The molecule has 6 rings (SSSR count). The largest absolute Gasteiger partial charge is 0.326 e. The van der Waals surface area contributed by atoms with Crippen molar-refractivity contribution >= 4 is 35.1 Å². The van der Waals surface area contributed by atoms with Crippen LogP contribution in [0, 0.1) is 0 Å². The zero-order valence-electron chi connectivity index (χ0n) is 18.8. The van der Waals surface area contributed by atoms with Crippen molar-refractivity contribution < 1.29 is 19.2 Å². The van der Waals surface area contributed by atoms with Gasteiger partial charge in [0.25, 0.3) is 5.91 Å². The SMILES string of the molecule is O=C1CCC(N2Cc3cc(NC(=O)N4CCc5cc(C6CCC6)ccc54)ccc3C2=O)C(=O)N1. The molecule has 2 aromatic rings. The molecule has 2 fully saturated rings. The molecular formula is C26H26N4O4. The van der Waals surface area contributed by atoms with Crippen molar-refractivity contribution in [1.29, 1.82) is 0 Å². The maximum Gasteiger partial charge on any atom is 0.326 e. The number of carbonyl (C=O) groups excluding carboxylic acids is 4. The van der Waals surface area contributed by atoms with E-state index in [1.54, 1.807) is 23.1 Å². The number of benzene rings is 2. The van der Waals surface area contributed by atoms with E-state index in [9.17, 15) is 19.2 Å². The molecule has 1 atom stereocenters. The third-order valence-corrected chi connectivity index (χ3v) is 7.60. The summed E-state index contributed by atoms with van der Waals surface area (Å²) >= 11 is 0. The Kier molecular flexibility index (Phi) is 4.90. The van der Waals surface area contributed by atoms with Gasteiger partial charge in [-0.3, -0.25) is 24.6 Å². The lowest BCUT2D eigenvalue weighted by Crippen LogP contribution is -2.52. The zero-order valence-corrected chi connectivity index (χ0v) is 18.8. The average molecular weight is 459 g/mol. The molecule has 3 aliphatic heterocycles. The van der Waals surface area contributed by atoms with Gasteiger partial charge in [-0.05, 0) is 72.6 Å². The van der Waals surface area contributed by atoms with Gasteiger partial charge >= 0.3 is 6.03 Å². The molecule has 1 saturated carbocycles. The Labute approximate surface area is 197 Å². The number of hydrogen-bond donors (Lipinski definition) is 2. The van der Waals surface area contributed by atoms with Gasteiger partial charge in [0.2, 0.25) is 11.8 Å². The minimum Gasteiger partial charge on any atom is -0.322 e. The Morgan fingerprint density at radius 3 is 2.59 bits per heavy atom. The van der Waals surface area contributed by atoms with E-state index in [0.29, 0.717) is 30.1 Å². The van der Waals surface area contributed by atoms with Gasteiger partial charge in [-0.25, -0.2) is 4.79 Å². The number of rotatable bonds is 3. The van der Waals surface area contributed by atoms with Crippen molar-refractivity contribution in [3.8, 4) is 0 Å². The second kappa shape index (κ2) is 7.97. The molecular weight excluding hydrogens is 432 g/mol. The van der Waals surface area contributed by atoms with Crippen molar-refractivity contribution in [2.45, 2.75) is 57.0 Å². The van der Waals surface area contributed by atoms with Crippen LogP contribution >= 0.6 is 0 Å². The molecule has 1 saturated heterocycles. The molecule has 4 aliphatic rings. The average Bonchev–Trinajstić information content (AvgIpc) is 3.33. The van der Waals surface area contributed by atoms with E-state index in [2.05, 4.69) is 28.8 Å². The summed E-state index contributed by atoms with van der Waals surface area (Å²) in [4.78, 5) is 52.9. The van der Waals surface area contributed by atoms with Crippen LogP contribution < -0.4 is 15.5 Å². The van der Waals surface area contributed by atoms with Crippen molar-refractivity contribution in [3.05, 3.63) is 58.7 Å². The van der Waals surface area contributed by atoms with E-state index in [1.165, 1.54) is 35.3 Å². The molecule has 1 unspecified atom stereocenters. The summed E-state index contributed by atoms with van der Waals surface area (Å²) in [6.45, 7) is 0.919. The van der Waals surface area contributed by atoms with Crippen LogP contribution in [-0.2, 0) is 22.6 Å². The van der Waals surface area contributed by atoms with Crippen LogP contribution in [-0.4, -0.2) is 41.2 Å². The van der Waals surface area contributed by atoms with Crippen LogP contribution in [0.2, 0.25) is 0 Å². The third kappa shape index (κ3) is 3.45. The summed E-state index contributed by atoms with van der Waals surface area (Å²) in [5.74, 6) is -0.294. The van der Waals surface area contributed by atoms with E-state index in [1.807, 2.05) is 0 Å². The number of carbonyl (C=O) groups is 4. The van der Waals surface area contributed by atoms with Crippen LogP contribution in [0.5, 0.6) is 0 Å². The molecule has 2 aromatic carbocycles. The minimum atomic E-state index is -0.651. The first kappa shape index (κ1) is 20.9. The normalized spacial score (nSPS) is 21.8. The van der Waals surface area contributed by atoms with Crippen LogP contribution in [0.25, 0.3) is 0 Å². The number of piperidine rings is 1. The molecule has 34 heavy (non-hydrogen) atoms. The monoisotopic (exact) mass is 458 g/mol. The summed E-state index contributed by atoms with van der Waals surface area (Å²) in [6.07, 6.45) is 5.20. The summed E-state index contributed by atoms with van der Waals surface area (Å²) in [5.41, 5.74) is 5.47. The molecule has 8 heteroatoms. The predicted molar refractivity (Wildman–Crippen MR) is 126 cm³/mol. The zero-order chi connectivity index (χ0) is 23.4. The summed E-state index contributed by atoms with van der Waals surface area (Å²) < 4.78 is 0. The molecule has 8 nitrogen and oxygen atoms in total. The maximum atomic E-state index is 13.1. The second-order valence-electron chi connectivity index (χ2n) is 9.62. The number of amides is 5. The lowest BCUT2D eigenvalue weighted by Gasteiger charge is -2.29. The molecule has 3 heterocycles. The fourth-order valence-electron chi connectivity index (χ4n) is 5.47. The number of nitrogens with zero attached hydrogens (tertiary/aromatic N) is 2. The maximum absolute atomic E-state index is 13.1. The number of anilines is 2. The van der Waals surface area contributed by atoms with Gasteiger partial charge in [0, 0.05) is 36.4 Å². The van der Waals surface area contributed by atoms with Gasteiger partial charge in [0.15, 0.2) is 0 Å². The molecule has 2 N–H and O–H groups in total. The first-order valence-electron chi connectivity index (χ1n) is 12.0. The Morgan fingerprint density at radius 1 is 0.971 bits per heavy atom. The second-order valence-corrected chi connectivity index (χ2v) is 9.62. The fourth-order valence-corrected chi connectivity index (χ4v) is 5.47. The van der Waals surface area contributed by atoms with Gasteiger partial charge in [-0.15, -0.1) is 0 Å². The number of nitrogens with one attached hydrogen (secondary N) is 2. The first-order valence-corrected chi connectivity index (χ1v) is 12.0. The van der Waals surface area contributed by atoms with E-state index < -0.39 is 11.9 Å². The quantitative estimate of drug-likeness (QED) is 0.690. The third-order valence-electron chi connectivity index (χ3n) is 7.60. The highest BCUT2D eigenvalue weighted by Crippen LogP contribution is 2.39. The predicted octanol–water partition coefficient (Wildman–Crippen LogP) is 3.31. The topological polar surface area (TPSA) is 98.8 Å². The van der Waals surface area contributed by atoms with Crippen LogP contribution in [0.15, 0.2) is 36.4 Å². The molecule has 1 aliphatic carbocycles. The van der Waals surface area contributed by atoms with Crippen molar-refractivity contribution in [2.24, 2.45) is 0 Å². The number of fused-ring (bicyclic) bond motifs is 2. The Balaban J connectivity index is 1.16. The fraction of sp³-hybridized carbons (Fsp3) is 0.385. The molecule has 174 valence electrons. The van der Waals surface area contributed by atoms with Gasteiger partial charge < -0.3 is 10.2 Å². The highest BCUT2D eigenvalue weighted by molar-refractivity contribution is 6.06. The Morgan fingerprint density at radius 2 is 1.82 bits per heavy atom. The number of urea groups is 1. The standard InChI is InChI=1S/C26H26N4O4/c31-23-9-8-22(24(32)28-23)30-14-18-13-19(5-6-20(18)25(30)33)27-26(34)29-11-10-17-12-16(4-7-21(17)29)15-2-1-3-15/h4-7,12-13,15,22H,1-3,8-11,14H2,(H,27,34)(H,28,31,32). The minimum absolute atomic E-state index is 0.193. The van der Waals surface area contributed by atoms with Crippen molar-refractivity contribution in [1.82, 2.24) is 10.2 Å². The lowest BCUT2D eigenvalue weighted by molar-refractivity contribution is -0.136. The molecule has 0 radical (unpaired) electrons. The van der Waals surface area contributed by atoms with Crippen molar-refractivity contribution in [3.63, 3.8) is 0 Å². The molecule has 0 bridgehead atoms. The summed E-state index contributed by atoms with van der Waals surface area (Å²) in [5, 5.41) is 5.28. The van der Waals surface area contributed by atoms with E-state index in [-0.39, 0.29) is 30.8 Å². The van der Waals surface area contributed by atoms with E-state index in [4.69, 9.17) is 0 Å². The molecule has 5 amide bonds.